The molecule has 56 valence electrons. The molecule has 0 aromatic rings. The molecule has 1 unspecified atom stereocenters. The molecule has 9 heavy (non-hydrogen) atoms. The molecule has 0 N–H and O–H groups in total. The summed E-state index contributed by atoms with van der Waals surface area (Å²) in [5.41, 5.74) is 1.08. The van der Waals surface area contributed by atoms with Crippen molar-refractivity contribution in [2.45, 2.75) is 45.7 Å². The lowest BCUT2D eigenvalue weighted by Gasteiger charge is -2.08. The molecule has 1 heteroatoms. The Balaban J connectivity index is 3.06. The minimum Gasteiger partial charge on any atom is -0.0654 e. The normalized spacial score (nSPS) is 15.7. The molecule has 0 aliphatic carbocycles. The van der Waals surface area contributed by atoms with Gasteiger partial charge in [-0.1, -0.05) is 45.7 Å². The van der Waals surface area contributed by atoms with Crippen LogP contribution in [0.3, 0.4) is 0 Å². The molecule has 0 spiro atoms. The van der Waals surface area contributed by atoms with Gasteiger partial charge in [0.2, 0.25) is 0 Å². The molecular formula is C8H20Si. The summed E-state index contributed by atoms with van der Waals surface area (Å²) in [5, 5.41) is 0. The Morgan fingerprint density at radius 1 is 1.22 bits per heavy atom. The van der Waals surface area contributed by atoms with Crippen LogP contribution in [-0.2, 0) is 0 Å². The molecule has 0 aromatic heterocycles. The van der Waals surface area contributed by atoms with Crippen molar-refractivity contribution in [1.82, 2.24) is 0 Å². The molecule has 1 atom stereocenters. The van der Waals surface area contributed by atoms with Crippen LogP contribution in [0.15, 0.2) is 0 Å². The average molecular weight is 144 g/mol. The molecule has 0 aliphatic rings. The second-order valence-electron chi connectivity index (χ2n) is 3.48. The molecule has 0 heterocycles. The highest BCUT2D eigenvalue weighted by Gasteiger charge is 2.00. The van der Waals surface area contributed by atoms with Crippen molar-refractivity contribution in [3.8, 4) is 0 Å². The number of hydrogen-bond acceptors (Lipinski definition) is 0. The van der Waals surface area contributed by atoms with Gasteiger partial charge in [0.25, 0.3) is 0 Å². The van der Waals surface area contributed by atoms with Crippen molar-refractivity contribution in [3.63, 3.8) is 0 Å². The van der Waals surface area contributed by atoms with Gasteiger partial charge in [0, 0.05) is 9.52 Å². The van der Waals surface area contributed by atoms with Gasteiger partial charge in [-0.3, -0.25) is 0 Å². The van der Waals surface area contributed by atoms with Gasteiger partial charge in [-0.05, 0) is 5.92 Å². The maximum Gasteiger partial charge on any atom is 0.0230 e. The van der Waals surface area contributed by atoms with E-state index in [0.29, 0.717) is 0 Å². The van der Waals surface area contributed by atoms with Gasteiger partial charge in [-0.25, -0.2) is 0 Å². The Morgan fingerprint density at radius 2 is 1.78 bits per heavy atom. The monoisotopic (exact) mass is 144 g/mol. The summed E-state index contributed by atoms with van der Waals surface area (Å²) >= 11 is 0. The maximum atomic E-state index is 2.40. The van der Waals surface area contributed by atoms with Crippen molar-refractivity contribution < 1.29 is 0 Å². The summed E-state index contributed by atoms with van der Waals surface area (Å²) in [6, 6.07) is 1.54. The molecule has 0 bridgehead atoms. The summed E-state index contributed by atoms with van der Waals surface area (Å²) in [6.45, 7) is 9.36. The zero-order valence-electron chi connectivity index (χ0n) is 7.28. The van der Waals surface area contributed by atoms with E-state index in [9.17, 15) is 0 Å². The fraction of sp³-hybridized carbons (Fsp3) is 1.00. The highest BCUT2D eigenvalue weighted by Crippen LogP contribution is 2.11. The standard InChI is InChI=1S/C8H20Si/c1-5-8(4)9-6-7(2)3/h7-8H,5-6,9H2,1-4H3. The summed E-state index contributed by atoms with van der Waals surface area (Å²) in [5.74, 6) is 0.950. The molecule has 0 rings (SSSR count). The second kappa shape index (κ2) is 5.04. The summed E-state index contributed by atoms with van der Waals surface area (Å²) in [6.07, 6.45) is 1.40. The third-order valence-corrected chi connectivity index (χ3v) is 4.98. The maximum absolute atomic E-state index is 2.40. The second-order valence-corrected chi connectivity index (χ2v) is 6.03. The summed E-state index contributed by atoms with van der Waals surface area (Å²) in [4.78, 5) is 0. The molecule has 0 nitrogen and oxygen atoms in total. The number of hydrogen-bond donors (Lipinski definition) is 0. The average Bonchev–Trinajstić information content (AvgIpc) is 1.83. The van der Waals surface area contributed by atoms with Gasteiger partial charge >= 0.3 is 0 Å². The first-order valence-corrected chi connectivity index (χ1v) is 5.98. The Bertz CT molecular complexity index is 59.6. The van der Waals surface area contributed by atoms with Crippen molar-refractivity contribution in [1.29, 1.82) is 0 Å². The van der Waals surface area contributed by atoms with Gasteiger partial charge in [-0.2, -0.15) is 0 Å². The predicted molar refractivity (Wildman–Crippen MR) is 47.9 cm³/mol. The van der Waals surface area contributed by atoms with E-state index >= 15 is 0 Å². The Hall–Kier alpha value is 0.217. The molecule has 0 aromatic carbocycles. The molecule has 0 aliphatic heterocycles. The van der Waals surface area contributed by atoms with Crippen molar-refractivity contribution in [2.24, 2.45) is 5.92 Å². The van der Waals surface area contributed by atoms with Crippen LogP contribution in [0.2, 0.25) is 11.6 Å². The molecular weight excluding hydrogens is 124 g/mol. The minimum atomic E-state index is 0.288. The van der Waals surface area contributed by atoms with Gasteiger partial charge < -0.3 is 0 Å². The van der Waals surface area contributed by atoms with Crippen LogP contribution in [0.25, 0.3) is 0 Å². The predicted octanol–water partition coefficient (Wildman–Crippen LogP) is 2.45. The van der Waals surface area contributed by atoms with Crippen LogP contribution in [0.4, 0.5) is 0 Å². The minimum absolute atomic E-state index is 0.288. The first-order valence-electron chi connectivity index (χ1n) is 4.16. The fourth-order valence-electron chi connectivity index (χ4n) is 0.822. The lowest BCUT2D eigenvalue weighted by molar-refractivity contribution is 0.718. The molecule has 0 saturated heterocycles. The smallest absolute Gasteiger partial charge is 0.0230 e. The zero-order chi connectivity index (χ0) is 7.28. The Kier molecular flexibility index (Phi) is 5.16. The van der Waals surface area contributed by atoms with E-state index in [-0.39, 0.29) is 9.52 Å². The zero-order valence-corrected chi connectivity index (χ0v) is 8.69. The van der Waals surface area contributed by atoms with E-state index < -0.39 is 0 Å². The number of rotatable bonds is 4. The van der Waals surface area contributed by atoms with Gasteiger partial charge in [0.05, 0.1) is 0 Å². The quantitative estimate of drug-likeness (QED) is 0.532. The lowest BCUT2D eigenvalue weighted by atomic mass is 10.3. The SMILES string of the molecule is CCC(C)[SiH2]CC(C)C. The van der Waals surface area contributed by atoms with E-state index in [2.05, 4.69) is 27.7 Å². The molecule has 0 radical (unpaired) electrons. The van der Waals surface area contributed by atoms with Crippen molar-refractivity contribution in [3.05, 3.63) is 0 Å². The van der Waals surface area contributed by atoms with Crippen molar-refractivity contribution >= 4 is 9.52 Å². The summed E-state index contributed by atoms with van der Waals surface area (Å²) < 4.78 is 0. The first-order chi connectivity index (χ1) is 4.16. The van der Waals surface area contributed by atoms with Gasteiger partial charge in [0.15, 0.2) is 0 Å². The van der Waals surface area contributed by atoms with Crippen LogP contribution in [-0.4, -0.2) is 9.52 Å². The van der Waals surface area contributed by atoms with Crippen LogP contribution < -0.4 is 0 Å². The summed E-state index contributed by atoms with van der Waals surface area (Å²) in [7, 11) is 0.288. The van der Waals surface area contributed by atoms with E-state index in [4.69, 9.17) is 0 Å². The molecule has 0 fully saturated rings. The molecule has 0 amide bonds. The van der Waals surface area contributed by atoms with E-state index in [1.165, 1.54) is 12.5 Å². The van der Waals surface area contributed by atoms with E-state index in [1.54, 1.807) is 0 Å². The lowest BCUT2D eigenvalue weighted by Crippen LogP contribution is -2.01. The van der Waals surface area contributed by atoms with Crippen molar-refractivity contribution in [2.75, 3.05) is 0 Å². The van der Waals surface area contributed by atoms with Gasteiger partial charge in [0.1, 0.15) is 0 Å². The molecule has 0 saturated carbocycles. The third kappa shape index (κ3) is 6.10. The fourth-order valence-corrected chi connectivity index (χ4v) is 2.47. The van der Waals surface area contributed by atoms with Gasteiger partial charge in [-0.15, -0.1) is 0 Å². The third-order valence-electron chi connectivity index (χ3n) is 1.93. The van der Waals surface area contributed by atoms with Crippen LogP contribution >= 0.6 is 0 Å². The highest BCUT2D eigenvalue weighted by molar-refractivity contribution is 6.37. The largest absolute Gasteiger partial charge is 0.0654 e. The van der Waals surface area contributed by atoms with Crippen LogP contribution in [0.5, 0.6) is 0 Å². The topological polar surface area (TPSA) is 0 Å². The Morgan fingerprint density at radius 3 is 2.11 bits per heavy atom. The first kappa shape index (κ1) is 9.22. The van der Waals surface area contributed by atoms with E-state index in [0.717, 1.165) is 11.5 Å². The van der Waals surface area contributed by atoms with Crippen LogP contribution in [0, 0.1) is 5.92 Å². The highest BCUT2D eigenvalue weighted by atomic mass is 28.2. The van der Waals surface area contributed by atoms with E-state index in [1.807, 2.05) is 0 Å². The Labute approximate surface area is 61.9 Å². The van der Waals surface area contributed by atoms with Crippen LogP contribution in [0.1, 0.15) is 34.1 Å².